The van der Waals surface area contributed by atoms with E-state index in [4.69, 9.17) is 0 Å². The van der Waals surface area contributed by atoms with Gasteiger partial charge in [0.1, 0.15) is 0 Å². The van der Waals surface area contributed by atoms with E-state index in [-0.39, 0.29) is 0 Å². The molecule has 10 heavy (non-hydrogen) atoms. The Kier molecular flexibility index (Phi) is 13.3. The van der Waals surface area contributed by atoms with E-state index in [1.165, 1.54) is 18.6 Å². The minimum atomic E-state index is 1.36. The van der Waals surface area contributed by atoms with Crippen LogP contribution in [0.1, 0.15) is 0 Å². The molecule has 0 aromatic carbocycles. The fourth-order valence-electron chi connectivity index (χ4n) is 0.0763. The Labute approximate surface area is 88.4 Å². The van der Waals surface area contributed by atoms with Gasteiger partial charge in [0.15, 0.2) is 0 Å². The van der Waals surface area contributed by atoms with Crippen LogP contribution < -0.4 is 0 Å². The molecular weight excluding hydrogens is 299 g/mol. The summed E-state index contributed by atoms with van der Waals surface area (Å²) in [6.07, 6.45) is 0. The van der Waals surface area contributed by atoms with Crippen LogP contribution in [-0.2, 0) is 83.1 Å². The molecular formula is HBS9. The molecule has 0 amide bonds. The van der Waals surface area contributed by atoms with Crippen molar-refractivity contribution in [1.29, 1.82) is 0 Å². The number of hydrogen-bond acceptors (Lipinski definition) is 1. The standard InChI is InChI=1S/BHS9/c1-3-5-7-9-10-8-6-4-2/h1H. The second kappa shape index (κ2) is 11.0. The van der Waals surface area contributed by atoms with Crippen molar-refractivity contribution in [3.05, 3.63) is 0 Å². The van der Waals surface area contributed by atoms with Gasteiger partial charge in [0.2, 0.25) is 0 Å². The molecule has 0 aliphatic rings. The summed E-state index contributed by atoms with van der Waals surface area (Å²) >= 11 is 4.66. The van der Waals surface area contributed by atoms with E-state index in [2.05, 4.69) is 17.9 Å². The quantitative estimate of drug-likeness (QED) is 0.535. The number of hydrogen-bond donors (Lipinski definition) is 0. The van der Waals surface area contributed by atoms with Crippen molar-refractivity contribution in [3.8, 4) is 0 Å². The summed E-state index contributed by atoms with van der Waals surface area (Å²) in [7, 11) is 13.0. The van der Waals surface area contributed by atoms with Gasteiger partial charge in [-0.25, -0.2) is 0 Å². The van der Waals surface area contributed by atoms with E-state index >= 15 is 0 Å². The molecule has 0 aliphatic carbocycles. The zero-order chi connectivity index (χ0) is 7.66. The van der Waals surface area contributed by atoms with Crippen molar-refractivity contribution in [2.45, 2.75) is 0 Å². The monoisotopic (exact) mass is 300 g/mol. The average molecular weight is 300 g/mol. The van der Waals surface area contributed by atoms with Crippen molar-refractivity contribution in [2.75, 3.05) is 0 Å². The molecule has 0 saturated carbocycles. The molecule has 0 spiro atoms. The first-order valence-electron chi connectivity index (χ1n) is 1.62. The third kappa shape index (κ3) is 10.0. The predicted octanol–water partition coefficient (Wildman–Crippen LogP) is -0.670. The van der Waals surface area contributed by atoms with Gasteiger partial charge >= 0.3 is 89.8 Å². The third-order valence-electron chi connectivity index (χ3n) is 0.215. The Bertz CT molecular complexity index is 340. The van der Waals surface area contributed by atoms with Crippen LogP contribution >= 0.6 is 0 Å². The van der Waals surface area contributed by atoms with E-state index in [0.29, 0.717) is 0 Å². The minimum absolute atomic E-state index is 1.36. The average Bonchev–Trinajstić information content (AvgIpc) is 1.97. The first kappa shape index (κ1) is 12.0. The Morgan fingerprint density at radius 2 is 1.30 bits per heavy atom. The van der Waals surface area contributed by atoms with Crippen LogP contribution in [0.5, 0.6) is 0 Å². The first-order chi connectivity index (χ1) is 4.91. The van der Waals surface area contributed by atoms with Gasteiger partial charge in [-0.05, 0) is 0 Å². The van der Waals surface area contributed by atoms with Gasteiger partial charge in [-0.2, -0.15) is 0 Å². The Hall–Kier alpha value is 2.04. The summed E-state index contributed by atoms with van der Waals surface area (Å²) in [6.45, 7) is 3.62. The van der Waals surface area contributed by atoms with Gasteiger partial charge in [0.25, 0.3) is 0 Å². The molecule has 0 atom stereocenters. The van der Waals surface area contributed by atoms with Gasteiger partial charge < -0.3 is 0 Å². The molecule has 0 nitrogen and oxygen atoms in total. The van der Waals surface area contributed by atoms with Crippen molar-refractivity contribution in [2.24, 2.45) is 0 Å². The van der Waals surface area contributed by atoms with Crippen LogP contribution in [0.3, 0.4) is 0 Å². The normalized spacial score (nSPS) is 6.70. The summed E-state index contributed by atoms with van der Waals surface area (Å²) in [5.41, 5.74) is 0. The molecule has 0 heterocycles. The summed E-state index contributed by atoms with van der Waals surface area (Å²) in [4.78, 5) is 0. The summed E-state index contributed by atoms with van der Waals surface area (Å²) in [5, 5.41) is 0. The van der Waals surface area contributed by atoms with Crippen LogP contribution in [0.4, 0.5) is 0 Å². The summed E-state index contributed by atoms with van der Waals surface area (Å²) in [5.74, 6) is 0. The zero-order valence-corrected chi connectivity index (χ0v) is 11.7. The van der Waals surface area contributed by atoms with E-state index in [1.54, 1.807) is 53.3 Å². The molecule has 0 aromatic heterocycles. The maximum atomic E-state index is 4.66. The Morgan fingerprint density at radius 3 is 1.80 bits per heavy atom. The predicted molar refractivity (Wildman–Crippen MR) is 73.4 cm³/mol. The second-order valence-corrected chi connectivity index (χ2v) is 13.9. The zero-order valence-electron chi connectivity index (χ0n) is 4.38. The van der Waals surface area contributed by atoms with Crippen molar-refractivity contribution >= 4 is 89.8 Å². The maximum absolute atomic E-state index is 4.66. The second-order valence-electron chi connectivity index (χ2n) is 0.594. The van der Waals surface area contributed by atoms with Crippen molar-refractivity contribution in [3.63, 3.8) is 0 Å². The van der Waals surface area contributed by atoms with Gasteiger partial charge in [-0.3, -0.25) is 0 Å². The Morgan fingerprint density at radius 1 is 0.800 bits per heavy atom. The molecule has 0 aliphatic heterocycles. The van der Waals surface area contributed by atoms with E-state index in [9.17, 15) is 0 Å². The molecule has 0 fully saturated rings. The fourth-order valence-corrected chi connectivity index (χ4v) is 15.4. The Balaban J connectivity index is 5.30. The van der Waals surface area contributed by atoms with Crippen LogP contribution in [0.15, 0.2) is 0 Å². The van der Waals surface area contributed by atoms with Crippen LogP contribution in [0.2, 0.25) is 0 Å². The van der Waals surface area contributed by atoms with E-state index in [1.807, 2.05) is 0 Å². The SMILES string of the molecule is B=S=S=S=S=S=S=S=S=S. The van der Waals surface area contributed by atoms with Crippen LogP contribution in [0.25, 0.3) is 0 Å². The molecule has 0 N–H and O–H groups in total. The number of rotatable bonds is 0. The molecule has 0 radical (unpaired) electrons. The summed E-state index contributed by atoms with van der Waals surface area (Å²) in [6, 6.07) is 0. The van der Waals surface area contributed by atoms with Gasteiger partial charge in [0.05, 0.1) is 0 Å². The topological polar surface area (TPSA) is 0 Å². The molecule has 10 heteroatoms. The summed E-state index contributed by atoms with van der Waals surface area (Å²) < 4.78 is 0. The van der Waals surface area contributed by atoms with E-state index in [0.717, 1.165) is 0 Å². The third-order valence-corrected chi connectivity index (χ3v) is 14.8. The van der Waals surface area contributed by atoms with Gasteiger partial charge in [-0.15, -0.1) is 0 Å². The van der Waals surface area contributed by atoms with Crippen LogP contribution in [-0.4, -0.2) is 6.72 Å². The van der Waals surface area contributed by atoms with Crippen molar-refractivity contribution in [1.82, 2.24) is 0 Å². The van der Waals surface area contributed by atoms with Gasteiger partial charge in [0, 0.05) is 0 Å². The molecule has 0 rings (SSSR count). The first-order valence-corrected chi connectivity index (χ1v) is 12.9. The molecule has 0 aromatic rings. The molecule has 0 bridgehead atoms. The molecule has 58 valence electrons. The fraction of sp³-hybridized carbons (Fsp3) is 0. The molecule has 0 unspecified atom stereocenters. The van der Waals surface area contributed by atoms with Gasteiger partial charge in [-0.1, -0.05) is 0 Å². The molecule has 0 saturated heterocycles. The van der Waals surface area contributed by atoms with E-state index < -0.39 is 0 Å². The van der Waals surface area contributed by atoms with Crippen LogP contribution in [0, 0.1) is 0 Å². The van der Waals surface area contributed by atoms with Crippen molar-refractivity contribution < 1.29 is 0 Å².